The fraction of sp³-hybridized carbons (Fsp3) is 0.739. The first-order valence-electron chi connectivity index (χ1n) is 11.1. The van der Waals surface area contributed by atoms with Crippen molar-refractivity contribution in [1.29, 1.82) is 0 Å². The van der Waals surface area contributed by atoms with Crippen LogP contribution in [0, 0.1) is 12.8 Å². The van der Waals surface area contributed by atoms with Gasteiger partial charge < -0.3 is 9.80 Å². The van der Waals surface area contributed by atoms with Crippen molar-refractivity contribution in [2.45, 2.75) is 76.7 Å². The summed E-state index contributed by atoms with van der Waals surface area (Å²) in [5.41, 5.74) is 2.95. The molecule has 0 bridgehead atoms. The van der Waals surface area contributed by atoms with Gasteiger partial charge in [-0.25, -0.2) is 0 Å². The van der Waals surface area contributed by atoms with Crippen LogP contribution in [0.1, 0.15) is 85.5 Å². The third kappa shape index (κ3) is 4.53. The van der Waals surface area contributed by atoms with Crippen molar-refractivity contribution >= 4 is 5.91 Å². The van der Waals surface area contributed by atoms with Crippen LogP contribution in [0.25, 0.3) is 0 Å². The maximum atomic E-state index is 13.3. The SMILES string of the molecule is Cc1ccc(C(=O)N(C)C2CCCCC2)c(C2CCN(CC3CC3)CC2)n1. The zero-order chi connectivity index (χ0) is 18.8. The summed E-state index contributed by atoms with van der Waals surface area (Å²) in [6.07, 6.45) is 11.2. The minimum Gasteiger partial charge on any atom is -0.339 e. The Morgan fingerprint density at radius 3 is 2.44 bits per heavy atom. The first-order chi connectivity index (χ1) is 13.1. The third-order valence-electron chi connectivity index (χ3n) is 6.92. The number of amides is 1. The van der Waals surface area contributed by atoms with E-state index in [9.17, 15) is 4.79 Å². The molecule has 3 aliphatic rings. The molecule has 4 heteroatoms. The van der Waals surface area contributed by atoms with Crippen molar-refractivity contribution in [1.82, 2.24) is 14.8 Å². The van der Waals surface area contributed by atoms with E-state index in [1.807, 2.05) is 31.0 Å². The van der Waals surface area contributed by atoms with Gasteiger partial charge in [0.1, 0.15) is 0 Å². The van der Waals surface area contributed by atoms with Gasteiger partial charge in [-0.05, 0) is 76.6 Å². The molecule has 4 nitrogen and oxygen atoms in total. The highest BCUT2D eigenvalue weighted by Crippen LogP contribution is 2.34. The number of aryl methyl sites for hydroxylation is 1. The van der Waals surface area contributed by atoms with Crippen LogP contribution in [0.2, 0.25) is 0 Å². The summed E-state index contributed by atoms with van der Waals surface area (Å²) in [5.74, 6) is 1.57. The minimum absolute atomic E-state index is 0.185. The highest BCUT2D eigenvalue weighted by Gasteiger charge is 2.31. The molecule has 3 fully saturated rings. The molecule has 2 heterocycles. The maximum absolute atomic E-state index is 13.3. The van der Waals surface area contributed by atoms with E-state index in [1.165, 1.54) is 38.6 Å². The van der Waals surface area contributed by atoms with Crippen molar-refractivity contribution < 1.29 is 4.79 Å². The molecule has 148 valence electrons. The molecule has 0 unspecified atom stereocenters. The lowest BCUT2D eigenvalue weighted by Gasteiger charge is -2.34. The summed E-state index contributed by atoms with van der Waals surface area (Å²) in [7, 11) is 2.00. The van der Waals surface area contributed by atoms with E-state index in [1.54, 1.807) is 0 Å². The summed E-state index contributed by atoms with van der Waals surface area (Å²) in [5, 5.41) is 0. The van der Waals surface area contributed by atoms with Gasteiger partial charge in [0.25, 0.3) is 5.91 Å². The van der Waals surface area contributed by atoms with Crippen LogP contribution < -0.4 is 0 Å². The molecular formula is C23H35N3O. The van der Waals surface area contributed by atoms with E-state index in [0.29, 0.717) is 12.0 Å². The highest BCUT2D eigenvalue weighted by molar-refractivity contribution is 5.95. The average molecular weight is 370 g/mol. The number of rotatable bonds is 5. The van der Waals surface area contributed by atoms with Crippen molar-refractivity contribution in [2.75, 3.05) is 26.7 Å². The van der Waals surface area contributed by atoms with E-state index >= 15 is 0 Å². The van der Waals surface area contributed by atoms with E-state index in [-0.39, 0.29) is 5.91 Å². The Morgan fingerprint density at radius 2 is 1.78 bits per heavy atom. The van der Waals surface area contributed by atoms with Crippen LogP contribution in [-0.4, -0.2) is 53.4 Å². The molecule has 0 atom stereocenters. The first kappa shape index (κ1) is 18.9. The molecule has 1 saturated heterocycles. The fourth-order valence-electron chi connectivity index (χ4n) is 4.95. The molecule has 1 amide bonds. The van der Waals surface area contributed by atoms with Gasteiger partial charge in [0.05, 0.1) is 11.3 Å². The molecule has 0 radical (unpaired) electrons. The second-order valence-electron chi connectivity index (χ2n) is 9.11. The van der Waals surface area contributed by atoms with Crippen LogP contribution in [-0.2, 0) is 0 Å². The minimum atomic E-state index is 0.185. The smallest absolute Gasteiger partial charge is 0.255 e. The largest absolute Gasteiger partial charge is 0.339 e. The number of nitrogens with zero attached hydrogens (tertiary/aromatic N) is 3. The monoisotopic (exact) mass is 369 g/mol. The lowest BCUT2D eigenvalue weighted by Crippen LogP contribution is -2.39. The molecule has 1 aromatic heterocycles. The van der Waals surface area contributed by atoms with Crippen molar-refractivity contribution in [3.05, 3.63) is 29.1 Å². The standard InChI is InChI=1S/C23H35N3O/c1-17-8-11-21(23(27)25(2)20-6-4-3-5-7-20)22(24-17)19-12-14-26(15-13-19)16-18-9-10-18/h8,11,18-20H,3-7,9-10,12-16H2,1-2H3. The van der Waals surface area contributed by atoms with Gasteiger partial charge in [0.15, 0.2) is 0 Å². The number of carbonyl (C=O) groups is 1. The molecule has 0 N–H and O–H groups in total. The van der Waals surface area contributed by atoms with E-state index in [4.69, 9.17) is 4.98 Å². The molecule has 1 aromatic rings. The van der Waals surface area contributed by atoms with Crippen LogP contribution in [0.5, 0.6) is 0 Å². The zero-order valence-electron chi connectivity index (χ0n) is 17.1. The van der Waals surface area contributed by atoms with E-state index < -0.39 is 0 Å². The quantitative estimate of drug-likeness (QED) is 0.772. The Labute approximate surface area is 164 Å². The van der Waals surface area contributed by atoms with Crippen LogP contribution >= 0.6 is 0 Å². The second-order valence-corrected chi connectivity index (χ2v) is 9.11. The number of aromatic nitrogens is 1. The topological polar surface area (TPSA) is 36.4 Å². The third-order valence-corrected chi connectivity index (χ3v) is 6.92. The van der Waals surface area contributed by atoms with E-state index in [0.717, 1.165) is 61.6 Å². The van der Waals surface area contributed by atoms with Crippen molar-refractivity contribution in [3.8, 4) is 0 Å². The summed E-state index contributed by atoms with van der Waals surface area (Å²) < 4.78 is 0. The zero-order valence-corrected chi connectivity index (χ0v) is 17.1. The predicted molar refractivity (Wildman–Crippen MR) is 109 cm³/mol. The lowest BCUT2D eigenvalue weighted by atomic mass is 9.89. The van der Waals surface area contributed by atoms with Gasteiger partial charge in [-0.2, -0.15) is 0 Å². The Kier molecular flexibility index (Phi) is 5.82. The maximum Gasteiger partial charge on any atom is 0.255 e. The molecule has 1 aliphatic heterocycles. The van der Waals surface area contributed by atoms with Crippen LogP contribution in [0.15, 0.2) is 12.1 Å². The van der Waals surface area contributed by atoms with Gasteiger partial charge in [-0.15, -0.1) is 0 Å². The number of piperidine rings is 1. The summed E-state index contributed by atoms with van der Waals surface area (Å²) in [6, 6.07) is 4.45. The normalized spacial score (nSPS) is 22.7. The lowest BCUT2D eigenvalue weighted by molar-refractivity contribution is 0.0693. The summed E-state index contributed by atoms with van der Waals surface area (Å²) in [6.45, 7) is 5.64. The molecule has 4 rings (SSSR count). The number of hydrogen-bond donors (Lipinski definition) is 0. The van der Waals surface area contributed by atoms with Gasteiger partial charge in [-0.1, -0.05) is 19.3 Å². The van der Waals surface area contributed by atoms with Crippen LogP contribution in [0.3, 0.4) is 0 Å². The van der Waals surface area contributed by atoms with Gasteiger partial charge >= 0.3 is 0 Å². The number of carbonyl (C=O) groups excluding carboxylic acids is 1. The fourth-order valence-corrected chi connectivity index (χ4v) is 4.95. The first-order valence-corrected chi connectivity index (χ1v) is 11.1. The summed E-state index contributed by atoms with van der Waals surface area (Å²) >= 11 is 0. The molecule has 27 heavy (non-hydrogen) atoms. The predicted octanol–water partition coefficient (Wildman–Crippen LogP) is 4.38. The Hall–Kier alpha value is -1.42. The summed E-state index contributed by atoms with van der Waals surface area (Å²) in [4.78, 5) is 22.8. The molecule has 0 aromatic carbocycles. The Balaban J connectivity index is 1.47. The van der Waals surface area contributed by atoms with E-state index in [2.05, 4.69) is 4.90 Å². The van der Waals surface area contributed by atoms with Crippen molar-refractivity contribution in [3.63, 3.8) is 0 Å². The number of pyridine rings is 1. The number of hydrogen-bond acceptors (Lipinski definition) is 3. The highest BCUT2D eigenvalue weighted by atomic mass is 16.2. The molecular weight excluding hydrogens is 334 g/mol. The Bertz CT molecular complexity index is 656. The van der Waals surface area contributed by atoms with Gasteiger partial charge in [-0.3, -0.25) is 9.78 Å². The van der Waals surface area contributed by atoms with Gasteiger partial charge in [0.2, 0.25) is 0 Å². The molecule has 0 spiro atoms. The van der Waals surface area contributed by atoms with Gasteiger partial charge in [0, 0.05) is 31.2 Å². The van der Waals surface area contributed by atoms with Crippen molar-refractivity contribution in [2.24, 2.45) is 5.92 Å². The Morgan fingerprint density at radius 1 is 1.07 bits per heavy atom. The molecule has 2 saturated carbocycles. The number of likely N-dealkylation sites (tertiary alicyclic amines) is 1. The average Bonchev–Trinajstić information content (AvgIpc) is 3.52. The van der Waals surface area contributed by atoms with Crippen LogP contribution in [0.4, 0.5) is 0 Å². The molecule has 2 aliphatic carbocycles. The second kappa shape index (κ2) is 8.30.